The van der Waals surface area contributed by atoms with Crippen molar-refractivity contribution < 1.29 is 9.59 Å². The van der Waals surface area contributed by atoms with Crippen molar-refractivity contribution in [2.45, 2.75) is 32.1 Å². The van der Waals surface area contributed by atoms with Gasteiger partial charge in [0.25, 0.3) is 0 Å². The Morgan fingerprint density at radius 2 is 1.80 bits per heavy atom. The van der Waals surface area contributed by atoms with Gasteiger partial charge in [-0.15, -0.1) is 0 Å². The van der Waals surface area contributed by atoms with Gasteiger partial charge in [0.05, 0.1) is 0 Å². The highest BCUT2D eigenvalue weighted by Crippen LogP contribution is 2.50. The van der Waals surface area contributed by atoms with E-state index in [1.165, 1.54) is 6.42 Å². The highest BCUT2D eigenvalue weighted by atomic mass is 16.1. The van der Waals surface area contributed by atoms with E-state index in [0.29, 0.717) is 36.5 Å². The predicted molar refractivity (Wildman–Crippen MR) is 58.3 cm³/mol. The van der Waals surface area contributed by atoms with E-state index >= 15 is 0 Å². The lowest BCUT2D eigenvalue weighted by molar-refractivity contribution is -0.109. The molecule has 2 nitrogen and oxygen atoms in total. The van der Waals surface area contributed by atoms with Crippen LogP contribution in [0.1, 0.15) is 32.1 Å². The van der Waals surface area contributed by atoms with Gasteiger partial charge in [-0.1, -0.05) is 12.2 Å². The van der Waals surface area contributed by atoms with Crippen LogP contribution in [-0.4, -0.2) is 12.6 Å². The topological polar surface area (TPSA) is 34.1 Å². The van der Waals surface area contributed by atoms with E-state index in [1.807, 2.05) is 0 Å². The average molecular weight is 206 g/mol. The van der Waals surface area contributed by atoms with Crippen LogP contribution in [0.5, 0.6) is 0 Å². The molecule has 2 rings (SSSR count). The van der Waals surface area contributed by atoms with E-state index in [9.17, 15) is 9.59 Å². The van der Waals surface area contributed by atoms with Crippen LogP contribution in [0.25, 0.3) is 0 Å². The van der Waals surface area contributed by atoms with E-state index in [0.717, 1.165) is 25.4 Å². The predicted octanol–water partition coefficient (Wildman–Crippen LogP) is 2.38. The van der Waals surface area contributed by atoms with Crippen LogP contribution in [-0.2, 0) is 9.59 Å². The third kappa shape index (κ3) is 2.04. The fourth-order valence-electron chi connectivity index (χ4n) is 3.35. The third-order valence-corrected chi connectivity index (χ3v) is 4.03. The summed E-state index contributed by atoms with van der Waals surface area (Å²) in [6.45, 7) is 0. The molecule has 0 amide bonds. The van der Waals surface area contributed by atoms with E-state index in [2.05, 4.69) is 12.2 Å². The molecule has 4 atom stereocenters. The molecule has 4 unspecified atom stereocenters. The van der Waals surface area contributed by atoms with Gasteiger partial charge in [0, 0.05) is 12.8 Å². The molecule has 2 aliphatic rings. The zero-order valence-corrected chi connectivity index (χ0v) is 8.97. The summed E-state index contributed by atoms with van der Waals surface area (Å²) < 4.78 is 0. The Labute approximate surface area is 90.7 Å². The molecule has 0 aromatic heterocycles. The van der Waals surface area contributed by atoms with Gasteiger partial charge in [-0.3, -0.25) is 0 Å². The zero-order chi connectivity index (χ0) is 10.7. The lowest BCUT2D eigenvalue weighted by atomic mass is 9.78. The second-order valence-electron chi connectivity index (χ2n) is 4.78. The van der Waals surface area contributed by atoms with Gasteiger partial charge in [0.15, 0.2) is 0 Å². The molecular formula is C13H18O2. The Bertz CT molecular complexity index is 270. The van der Waals surface area contributed by atoms with Gasteiger partial charge >= 0.3 is 0 Å². The normalized spacial score (nSPS) is 37.1. The lowest BCUT2D eigenvalue weighted by Gasteiger charge is -2.26. The van der Waals surface area contributed by atoms with E-state index in [4.69, 9.17) is 0 Å². The summed E-state index contributed by atoms with van der Waals surface area (Å²) in [7, 11) is 0. The molecule has 0 aliphatic heterocycles. The maximum Gasteiger partial charge on any atom is 0.120 e. The van der Waals surface area contributed by atoms with Crippen molar-refractivity contribution in [3.8, 4) is 0 Å². The quantitative estimate of drug-likeness (QED) is 0.380. The highest BCUT2D eigenvalue weighted by Gasteiger charge is 2.43. The van der Waals surface area contributed by atoms with Crippen molar-refractivity contribution in [2.75, 3.05) is 0 Å². The van der Waals surface area contributed by atoms with Crippen LogP contribution in [0.15, 0.2) is 12.2 Å². The largest absolute Gasteiger partial charge is 0.303 e. The Morgan fingerprint density at radius 3 is 2.47 bits per heavy atom. The van der Waals surface area contributed by atoms with Crippen molar-refractivity contribution in [3.05, 3.63) is 12.2 Å². The smallest absolute Gasteiger partial charge is 0.120 e. The van der Waals surface area contributed by atoms with E-state index in [-0.39, 0.29) is 0 Å². The Balaban J connectivity index is 1.93. The third-order valence-electron chi connectivity index (χ3n) is 4.03. The number of hydrogen-bond donors (Lipinski definition) is 0. The maximum absolute atomic E-state index is 10.6. The monoisotopic (exact) mass is 206 g/mol. The summed E-state index contributed by atoms with van der Waals surface area (Å²) in [5.41, 5.74) is 0. The Hall–Kier alpha value is -0.920. The van der Waals surface area contributed by atoms with Crippen molar-refractivity contribution in [1.29, 1.82) is 0 Å². The number of carbonyl (C=O) groups is 2. The summed E-state index contributed by atoms with van der Waals surface area (Å²) in [5.74, 6) is 2.54. The van der Waals surface area contributed by atoms with Crippen molar-refractivity contribution in [3.63, 3.8) is 0 Å². The SMILES string of the molecule is O=CCCCC1C2C=CC(C2)C1CC=O. The van der Waals surface area contributed by atoms with Crippen molar-refractivity contribution in [1.82, 2.24) is 0 Å². The van der Waals surface area contributed by atoms with E-state index in [1.54, 1.807) is 0 Å². The summed E-state index contributed by atoms with van der Waals surface area (Å²) in [5, 5.41) is 0. The van der Waals surface area contributed by atoms with Gasteiger partial charge in [0.2, 0.25) is 0 Å². The van der Waals surface area contributed by atoms with Crippen LogP contribution in [0.3, 0.4) is 0 Å². The molecule has 0 saturated heterocycles. The van der Waals surface area contributed by atoms with Crippen LogP contribution < -0.4 is 0 Å². The molecule has 2 aliphatic carbocycles. The van der Waals surface area contributed by atoms with Crippen molar-refractivity contribution in [2.24, 2.45) is 23.7 Å². The molecule has 0 N–H and O–H groups in total. The summed E-state index contributed by atoms with van der Waals surface area (Å²) in [4.78, 5) is 20.9. The minimum Gasteiger partial charge on any atom is -0.303 e. The first-order chi connectivity index (χ1) is 7.36. The van der Waals surface area contributed by atoms with Gasteiger partial charge in [0.1, 0.15) is 12.6 Å². The van der Waals surface area contributed by atoms with Gasteiger partial charge in [-0.25, -0.2) is 0 Å². The standard InChI is InChI=1S/C13H18O2/c14-7-2-1-3-12-10-4-5-11(9-10)13(12)6-8-15/h4-5,7-8,10-13H,1-3,6,9H2. The summed E-state index contributed by atoms with van der Waals surface area (Å²) >= 11 is 0. The number of allylic oxidation sites excluding steroid dienone is 2. The number of aldehydes is 2. The Morgan fingerprint density at radius 1 is 1.07 bits per heavy atom. The Kier molecular flexibility index (Phi) is 3.34. The minimum absolute atomic E-state index is 0.559. The van der Waals surface area contributed by atoms with Gasteiger partial charge in [-0.05, 0) is 42.9 Å². The molecule has 2 heteroatoms. The fraction of sp³-hybridized carbons (Fsp3) is 0.692. The number of unbranched alkanes of at least 4 members (excludes halogenated alkanes) is 1. The average Bonchev–Trinajstić information content (AvgIpc) is 2.81. The fourth-order valence-corrected chi connectivity index (χ4v) is 3.35. The van der Waals surface area contributed by atoms with Crippen LogP contribution in [0, 0.1) is 23.7 Å². The number of fused-ring (bicyclic) bond motifs is 2. The molecule has 0 radical (unpaired) electrons. The van der Waals surface area contributed by atoms with Gasteiger partial charge in [-0.2, -0.15) is 0 Å². The lowest BCUT2D eigenvalue weighted by Crippen LogP contribution is -2.20. The first-order valence-electron chi connectivity index (χ1n) is 5.92. The molecule has 15 heavy (non-hydrogen) atoms. The molecule has 0 aromatic carbocycles. The molecule has 0 aromatic rings. The van der Waals surface area contributed by atoms with Crippen LogP contribution in [0.2, 0.25) is 0 Å². The number of rotatable bonds is 6. The maximum atomic E-state index is 10.6. The molecule has 0 heterocycles. The minimum atomic E-state index is 0.559. The van der Waals surface area contributed by atoms with Crippen LogP contribution >= 0.6 is 0 Å². The molecular weight excluding hydrogens is 188 g/mol. The molecule has 1 saturated carbocycles. The zero-order valence-electron chi connectivity index (χ0n) is 8.97. The molecule has 0 spiro atoms. The van der Waals surface area contributed by atoms with E-state index < -0.39 is 0 Å². The molecule has 2 bridgehead atoms. The van der Waals surface area contributed by atoms with Crippen LogP contribution in [0.4, 0.5) is 0 Å². The van der Waals surface area contributed by atoms with Crippen molar-refractivity contribution >= 4 is 12.6 Å². The highest BCUT2D eigenvalue weighted by molar-refractivity contribution is 5.50. The number of hydrogen-bond acceptors (Lipinski definition) is 2. The second kappa shape index (κ2) is 4.73. The molecule has 82 valence electrons. The first-order valence-corrected chi connectivity index (χ1v) is 5.92. The van der Waals surface area contributed by atoms with Gasteiger partial charge < -0.3 is 9.59 Å². The second-order valence-corrected chi connectivity index (χ2v) is 4.78. The summed E-state index contributed by atoms with van der Waals surface area (Å²) in [6.07, 6.45) is 11.4. The first kappa shape index (κ1) is 10.6. The number of carbonyl (C=O) groups excluding carboxylic acids is 2. The summed E-state index contributed by atoms with van der Waals surface area (Å²) in [6, 6.07) is 0. The molecule has 1 fully saturated rings.